The Bertz CT molecular complexity index is 602. The van der Waals surface area contributed by atoms with Crippen LogP contribution in [0.4, 0.5) is 0 Å². The molecule has 18 heavy (non-hydrogen) atoms. The molecule has 2 aromatic carbocycles. The molecule has 0 saturated carbocycles. The molecule has 1 aliphatic carbocycles. The first kappa shape index (κ1) is 11.3. The molecule has 1 atom stereocenters. The van der Waals surface area contributed by atoms with Crippen LogP contribution < -0.4 is 10.5 Å². The molecule has 0 spiro atoms. The van der Waals surface area contributed by atoms with Gasteiger partial charge in [0, 0.05) is 18.0 Å². The number of fused-ring (bicyclic) bond motifs is 3. The first-order valence-corrected chi connectivity index (χ1v) is 6.24. The maximum atomic E-state index is 5.96. The van der Waals surface area contributed by atoms with Gasteiger partial charge in [-0.05, 0) is 29.7 Å². The van der Waals surface area contributed by atoms with Gasteiger partial charge in [-0.25, -0.2) is 0 Å². The Labute approximate surface area is 107 Å². The van der Waals surface area contributed by atoms with E-state index in [9.17, 15) is 0 Å². The summed E-state index contributed by atoms with van der Waals surface area (Å²) in [6.07, 6.45) is 0. The van der Waals surface area contributed by atoms with Crippen LogP contribution in [-0.4, -0.2) is 13.7 Å². The summed E-state index contributed by atoms with van der Waals surface area (Å²) in [6.45, 7) is 2.75. The molecule has 0 heterocycles. The Balaban J connectivity index is 2.31. The summed E-state index contributed by atoms with van der Waals surface area (Å²) in [4.78, 5) is 0. The lowest BCUT2D eigenvalue weighted by atomic mass is 9.96. The Kier molecular flexibility index (Phi) is 2.60. The molecule has 0 aromatic heterocycles. The molecular formula is C16H17NO. The fourth-order valence-electron chi connectivity index (χ4n) is 2.92. The van der Waals surface area contributed by atoms with Gasteiger partial charge in [0.1, 0.15) is 5.75 Å². The molecule has 0 aliphatic heterocycles. The second kappa shape index (κ2) is 4.14. The van der Waals surface area contributed by atoms with Crippen molar-refractivity contribution in [2.45, 2.75) is 12.8 Å². The molecular weight excluding hydrogens is 222 g/mol. The van der Waals surface area contributed by atoms with E-state index >= 15 is 0 Å². The van der Waals surface area contributed by atoms with Crippen LogP contribution in [-0.2, 0) is 0 Å². The Morgan fingerprint density at radius 2 is 2.00 bits per heavy atom. The van der Waals surface area contributed by atoms with E-state index < -0.39 is 0 Å². The Morgan fingerprint density at radius 1 is 1.17 bits per heavy atom. The highest BCUT2D eigenvalue weighted by Gasteiger charge is 2.29. The van der Waals surface area contributed by atoms with E-state index in [-0.39, 0.29) is 0 Å². The molecule has 92 valence electrons. The Hall–Kier alpha value is -1.80. The molecule has 1 aliphatic rings. The van der Waals surface area contributed by atoms with Crippen molar-refractivity contribution in [3.63, 3.8) is 0 Å². The first-order chi connectivity index (χ1) is 8.76. The summed E-state index contributed by atoms with van der Waals surface area (Å²) in [5.41, 5.74) is 12.3. The second-order valence-corrected chi connectivity index (χ2v) is 4.80. The van der Waals surface area contributed by atoms with Gasteiger partial charge in [-0.2, -0.15) is 0 Å². The predicted molar refractivity (Wildman–Crippen MR) is 74.1 cm³/mol. The van der Waals surface area contributed by atoms with Gasteiger partial charge in [-0.15, -0.1) is 0 Å². The van der Waals surface area contributed by atoms with Gasteiger partial charge < -0.3 is 10.5 Å². The lowest BCUT2D eigenvalue weighted by molar-refractivity contribution is 0.416. The monoisotopic (exact) mass is 239 g/mol. The van der Waals surface area contributed by atoms with Crippen LogP contribution in [0.3, 0.4) is 0 Å². The molecule has 2 N–H and O–H groups in total. The maximum Gasteiger partial charge on any atom is 0.126 e. The lowest BCUT2D eigenvalue weighted by Crippen LogP contribution is -2.11. The maximum absolute atomic E-state index is 5.96. The number of hydrogen-bond donors (Lipinski definition) is 1. The summed E-state index contributed by atoms with van der Waals surface area (Å²) in [5.74, 6) is 1.23. The van der Waals surface area contributed by atoms with Crippen LogP contribution in [0.5, 0.6) is 5.75 Å². The summed E-state index contributed by atoms with van der Waals surface area (Å²) >= 11 is 0. The summed E-state index contributed by atoms with van der Waals surface area (Å²) in [7, 11) is 1.72. The van der Waals surface area contributed by atoms with Gasteiger partial charge in [0.05, 0.1) is 7.11 Å². The number of methoxy groups -OCH3 is 1. The van der Waals surface area contributed by atoms with Crippen molar-refractivity contribution in [3.05, 3.63) is 53.1 Å². The number of hydrogen-bond acceptors (Lipinski definition) is 2. The highest BCUT2D eigenvalue weighted by molar-refractivity contribution is 5.83. The van der Waals surface area contributed by atoms with Crippen LogP contribution in [0.2, 0.25) is 0 Å². The van der Waals surface area contributed by atoms with Crippen molar-refractivity contribution in [2.75, 3.05) is 13.7 Å². The molecule has 0 bridgehead atoms. The van der Waals surface area contributed by atoms with Crippen molar-refractivity contribution in [1.29, 1.82) is 0 Å². The lowest BCUT2D eigenvalue weighted by Gasteiger charge is -2.11. The van der Waals surface area contributed by atoms with Gasteiger partial charge in [0.2, 0.25) is 0 Å². The Morgan fingerprint density at radius 3 is 2.72 bits per heavy atom. The highest BCUT2D eigenvalue weighted by atomic mass is 16.5. The molecule has 0 fully saturated rings. The largest absolute Gasteiger partial charge is 0.496 e. The topological polar surface area (TPSA) is 35.2 Å². The van der Waals surface area contributed by atoms with Crippen LogP contribution in [0, 0.1) is 6.92 Å². The highest BCUT2D eigenvalue weighted by Crippen LogP contribution is 2.48. The smallest absolute Gasteiger partial charge is 0.126 e. The third kappa shape index (κ3) is 1.46. The average Bonchev–Trinajstić information content (AvgIpc) is 2.71. The second-order valence-electron chi connectivity index (χ2n) is 4.80. The minimum absolute atomic E-state index is 0.296. The van der Waals surface area contributed by atoms with Crippen molar-refractivity contribution >= 4 is 0 Å². The predicted octanol–water partition coefficient (Wildman–Crippen LogP) is 3.07. The van der Waals surface area contributed by atoms with Crippen LogP contribution in [0.1, 0.15) is 22.6 Å². The molecule has 0 radical (unpaired) electrons. The number of aryl methyl sites for hydroxylation is 1. The fourth-order valence-corrected chi connectivity index (χ4v) is 2.92. The number of nitrogens with two attached hydrogens (primary N) is 1. The summed E-state index contributed by atoms with van der Waals surface area (Å²) in [6, 6.07) is 12.8. The number of ether oxygens (including phenoxy) is 1. The fraction of sp³-hybridized carbons (Fsp3) is 0.250. The van der Waals surface area contributed by atoms with Gasteiger partial charge in [0.25, 0.3) is 0 Å². The van der Waals surface area contributed by atoms with E-state index in [1.807, 2.05) is 12.1 Å². The van der Waals surface area contributed by atoms with Gasteiger partial charge in [-0.1, -0.05) is 35.9 Å². The normalized spacial score (nSPS) is 16.3. The van der Waals surface area contributed by atoms with Crippen molar-refractivity contribution in [1.82, 2.24) is 0 Å². The zero-order chi connectivity index (χ0) is 12.7. The molecule has 1 unspecified atom stereocenters. The van der Waals surface area contributed by atoms with Crippen molar-refractivity contribution in [3.8, 4) is 16.9 Å². The quantitative estimate of drug-likeness (QED) is 0.874. The van der Waals surface area contributed by atoms with E-state index in [0.717, 1.165) is 5.75 Å². The van der Waals surface area contributed by atoms with Crippen molar-refractivity contribution < 1.29 is 4.74 Å². The number of benzene rings is 2. The molecule has 2 heteroatoms. The van der Waals surface area contributed by atoms with E-state index in [0.29, 0.717) is 12.5 Å². The van der Waals surface area contributed by atoms with E-state index in [1.54, 1.807) is 7.11 Å². The average molecular weight is 239 g/mol. The minimum atomic E-state index is 0.296. The van der Waals surface area contributed by atoms with Gasteiger partial charge >= 0.3 is 0 Å². The van der Waals surface area contributed by atoms with Gasteiger partial charge in [0.15, 0.2) is 0 Å². The molecule has 3 rings (SSSR count). The van der Waals surface area contributed by atoms with Gasteiger partial charge in [-0.3, -0.25) is 0 Å². The molecule has 2 nitrogen and oxygen atoms in total. The van der Waals surface area contributed by atoms with Crippen LogP contribution in [0.25, 0.3) is 11.1 Å². The van der Waals surface area contributed by atoms with E-state index in [1.165, 1.54) is 27.8 Å². The zero-order valence-electron chi connectivity index (χ0n) is 10.7. The van der Waals surface area contributed by atoms with Crippen molar-refractivity contribution in [2.24, 2.45) is 5.73 Å². The zero-order valence-corrected chi connectivity index (χ0v) is 10.7. The SMILES string of the molecule is COc1cccc2c1-c1ccc(C)cc1C2CN. The summed E-state index contributed by atoms with van der Waals surface area (Å²) < 4.78 is 5.50. The molecule has 0 saturated heterocycles. The van der Waals surface area contributed by atoms with Crippen LogP contribution in [0.15, 0.2) is 36.4 Å². The molecule has 2 aromatic rings. The third-order valence-electron chi connectivity index (χ3n) is 3.74. The van der Waals surface area contributed by atoms with E-state index in [4.69, 9.17) is 10.5 Å². The molecule has 0 amide bonds. The standard InChI is InChI=1S/C16H17NO/c1-10-6-7-12-13(8-10)14(9-17)11-4-3-5-15(18-2)16(11)12/h3-8,14H,9,17H2,1-2H3. The first-order valence-electron chi connectivity index (χ1n) is 6.24. The number of rotatable bonds is 2. The minimum Gasteiger partial charge on any atom is -0.496 e. The third-order valence-corrected chi connectivity index (χ3v) is 3.74. The van der Waals surface area contributed by atoms with Crippen LogP contribution >= 0.6 is 0 Å². The summed E-state index contributed by atoms with van der Waals surface area (Å²) in [5, 5.41) is 0. The van der Waals surface area contributed by atoms with E-state index in [2.05, 4.69) is 31.2 Å².